The summed E-state index contributed by atoms with van der Waals surface area (Å²) in [4.78, 5) is 23.5. The summed E-state index contributed by atoms with van der Waals surface area (Å²) in [5.74, 6) is -1.46. The van der Waals surface area contributed by atoms with Crippen LogP contribution in [0.1, 0.15) is 27.6 Å². The third-order valence-corrected chi connectivity index (χ3v) is 2.89. The van der Waals surface area contributed by atoms with Crippen molar-refractivity contribution in [1.82, 2.24) is 0 Å². The van der Waals surface area contributed by atoms with E-state index in [1.54, 1.807) is 6.92 Å². The van der Waals surface area contributed by atoms with Crippen LogP contribution in [0, 0.1) is 0 Å². The van der Waals surface area contributed by atoms with Gasteiger partial charge in [0.15, 0.2) is 23.1 Å². The van der Waals surface area contributed by atoms with Gasteiger partial charge in [-0.3, -0.25) is 14.1 Å². The maximum absolute atomic E-state index is 11.9. The van der Waals surface area contributed by atoms with E-state index in [0.717, 1.165) is 18.2 Å². The largest absolute Gasteiger partial charge is 0.489 e. The molecule has 1 N–H and O–H groups in total. The van der Waals surface area contributed by atoms with E-state index in [-0.39, 0.29) is 29.2 Å². The first-order valence-corrected chi connectivity index (χ1v) is 6.93. The minimum absolute atomic E-state index is 0.0829. The number of carbonyl (C=O) groups is 2. The maximum Gasteiger partial charge on any atom is 0.446 e. The average molecular weight is 298 g/mol. The second kappa shape index (κ2) is 5.06. The molecule has 0 bridgehead atoms. The number of benzene rings is 1. The first-order chi connectivity index (χ1) is 9.33. The van der Waals surface area contributed by atoms with Gasteiger partial charge in [0.05, 0.1) is 12.2 Å². The number of fused-ring (bicyclic) bond motifs is 1. The second-order valence-corrected chi connectivity index (χ2v) is 4.84. The van der Waals surface area contributed by atoms with Gasteiger partial charge in [0.2, 0.25) is 0 Å². The number of hydrogen-bond acceptors (Lipinski definition) is 6. The van der Waals surface area contributed by atoms with Crippen LogP contribution in [-0.4, -0.2) is 31.1 Å². The summed E-state index contributed by atoms with van der Waals surface area (Å²) in [6, 6.07) is 2.38. The molecule has 1 aliphatic rings. The SMILES string of the molecule is CCOc1c(OS(=O)(=O)O)ccc2c1C(=O)C=CC2=O. The quantitative estimate of drug-likeness (QED) is 0.832. The molecule has 7 nitrogen and oxygen atoms in total. The molecule has 0 aromatic heterocycles. The Morgan fingerprint density at radius 1 is 1.15 bits per heavy atom. The number of carbonyl (C=O) groups excluding carboxylic acids is 2. The summed E-state index contributed by atoms with van der Waals surface area (Å²) in [6.07, 6.45) is 2.17. The molecule has 2 rings (SSSR count). The molecule has 0 unspecified atom stereocenters. The van der Waals surface area contributed by atoms with E-state index >= 15 is 0 Å². The van der Waals surface area contributed by atoms with Crippen molar-refractivity contribution in [2.24, 2.45) is 0 Å². The highest BCUT2D eigenvalue weighted by Gasteiger charge is 2.27. The summed E-state index contributed by atoms with van der Waals surface area (Å²) >= 11 is 0. The molecular weight excluding hydrogens is 288 g/mol. The van der Waals surface area contributed by atoms with Crippen LogP contribution >= 0.6 is 0 Å². The van der Waals surface area contributed by atoms with Crippen molar-refractivity contribution in [3.05, 3.63) is 35.4 Å². The van der Waals surface area contributed by atoms with Gasteiger partial charge in [-0.25, -0.2) is 0 Å². The maximum atomic E-state index is 11.9. The number of allylic oxidation sites excluding steroid dienone is 2. The molecular formula is C12H10O7S. The summed E-state index contributed by atoms with van der Waals surface area (Å²) in [6.45, 7) is 1.73. The van der Waals surface area contributed by atoms with Crippen molar-refractivity contribution in [1.29, 1.82) is 0 Å². The van der Waals surface area contributed by atoms with Crippen LogP contribution in [0.25, 0.3) is 0 Å². The zero-order valence-electron chi connectivity index (χ0n) is 10.3. The standard InChI is InChI=1S/C12H10O7S/c1-2-18-12-10(19-20(15,16)17)6-3-7-8(13)4-5-9(14)11(7)12/h3-6H,2H2,1H3,(H,15,16,17). The smallest absolute Gasteiger partial charge is 0.446 e. The van der Waals surface area contributed by atoms with Crippen molar-refractivity contribution in [3.63, 3.8) is 0 Å². The number of hydrogen-bond donors (Lipinski definition) is 1. The Bertz CT molecular complexity index is 716. The molecule has 1 aliphatic carbocycles. The molecule has 20 heavy (non-hydrogen) atoms. The van der Waals surface area contributed by atoms with Gasteiger partial charge < -0.3 is 8.92 Å². The average Bonchev–Trinajstić information content (AvgIpc) is 2.34. The first kappa shape index (κ1) is 14.2. The highest BCUT2D eigenvalue weighted by Crippen LogP contribution is 2.36. The van der Waals surface area contributed by atoms with E-state index in [0.29, 0.717) is 0 Å². The van der Waals surface area contributed by atoms with Gasteiger partial charge in [-0.05, 0) is 31.2 Å². The van der Waals surface area contributed by atoms with Crippen LogP contribution < -0.4 is 8.92 Å². The number of ketones is 2. The monoisotopic (exact) mass is 298 g/mol. The predicted molar refractivity (Wildman–Crippen MR) is 67.6 cm³/mol. The molecule has 1 aromatic rings. The molecule has 0 saturated heterocycles. The van der Waals surface area contributed by atoms with Crippen molar-refractivity contribution in [2.45, 2.75) is 6.92 Å². The minimum Gasteiger partial charge on any atom is -0.489 e. The zero-order valence-corrected chi connectivity index (χ0v) is 11.1. The van der Waals surface area contributed by atoms with E-state index in [2.05, 4.69) is 4.18 Å². The summed E-state index contributed by atoms with van der Waals surface area (Å²) < 4.78 is 39.8. The molecule has 0 saturated carbocycles. The van der Waals surface area contributed by atoms with Crippen LogP contribution in [0.15, 0.2) is 24.3 Å². The summed E-state index contributed by atoms with van der Waals surface area (Å²) in [5, 5.41) is 0. The van der Waals surface area contributed by atoms with Gasteiger partial charge in [0, 0.05) is 5.56 Å². The number of rotatable bonds is 4. The fourth-order valence-electron chi connectivity index (χ4n) is 1.80. The van der Waals surface area contributed by atoms with Crippen molar-refractivity contribution in [3.8, 4) is 11.5 Å². The molecule has 8 heteroatoms. The molecule has 0 aliphatic heterocycles. The normalized spacial score (nSPS) is 14.1. The van der Waals surface area contributed by atoms with E-state index in [1.165, 1.54) is 6.07 Å². The van der Waals surface area contributed by atoms with E-state index in [4.69, 9.17) is 9.29 Å². The van der Waals surface area contributed by atoms with Crippen molar-refractivity contribution >= 4 is 22.0 Å². The van der Waals surface area contributed by atoms with Gasteiger partial charge in [0.25, 0.3) is 0 Å². The van der Waals surface area contributed by atoms with Crippen molar-refractivity contribution in [2.75, 3.05) is 6.61 Å². The molecule has 0 radical (unpaired) electrons. The highest BCUT2D eigenvalue weighted by molar-refractivity contribution is 7.81. The van der Waals surface area contributed by atoms with Gasteiger partial charge >= 0.3 is 10.4 Å². The Morgan fingerprint density at radius 2 is 1.80 bits per heavy atom. The Labute approximate surface area is 114 Å². The topological polar surface area (TPSA) is 107 Å². The van der Waals surface area contributed by atoms with E-state index in [1.807, 2.05) is 0 Å². The van der Waals surface area contributed by atoms with Crippen LogP contribution in [0.3, 0.4) is 0 Å². The van der Waals surface area contributed by atoms with Gasteiger partial charge in [-0.2, -0.15) is 8.42 Å². The third-order valence-electron chi connectivity index (χ3n) is 2.50. The number of ether oxygens (including phenoxy) is 1. The lowest BCUT2D eigenvalue weighted by Gasteiger charge is -2.17. The minimum atomic E-state index is -4.77. The fraction of sp³-hybridized carbons (Fsp3) is 0.167. The molecule has 0 fully saturated rings. The predicted octanol–water partition coefficient (Wildman–Crippen LogP) is 1.20. The molecule has 0 atom stereocenters. The fourth-order valence-corrected chi connectivity index (χ4v) is 2.16. The highest BCUT2D eigenvalue weighted by atomic mass is 32.3. The van der Waals surface area contributed by atoms with Gasteiger partial charge in [-0.1, -0.05) is 0 Å². The molecule has 0 spiro atoms. The lowest BCUT2D eigenvalue weighted by Crippen LogP contribution is -2.16. The van der Waals surface area contributed by atoms with Crippen LogP contribution in [0.4, 0.5) is 0 Å². The Hall–Kier alpha value is -2.19. The van der Waals surface area contributed by atoms with E-state index < -0.39 is 22.0 Å². The zero-order chi connectivity index (χ0) is 14.9. The second-order valence-electron chi connectivity index (χ2n) is 3.82. The summed E-state index contributed by atoms with van der Waals surface area (Å²) in [5.41, 5.74) is 0.00383. The van der Waals surface area contributed by atoms with Crippen LogP contribution in [-0.2, 0) is 10.4 Å². The Morgan fingerprint density at radius 3 is 2.40 bits per heavy atom. The lowest BCUT2D eigenvalue weighted by atomic mass is 9.93. The lowest BCUT2D eigenvalue weighted by molar-refractivity contribution is 0.0990. The molecule has 0 amide bonds. The molecule has 106 valence electrons. The van der Waals surface area contributed by atoms with Gasteiger partial charge in [0.1, 0.15) is 0 Å². The molecule has 1 aromatic carbocycles. The van der Waals surface area contributed by atoms with Crippen LogP contribution in [0.2, 0.25) is 0 Å². The first-order valence-electron chi connectivity index (χ1n) is 5.57. The summed E-state index contributed by atoms with van der Waals surface area (Å²) in [7, 11) is -4.77. The Kier molecular flexibility index (Phi) is 3.60. The third kappa shape index (κ3) is 2.70. The molecule has 0 heterocycles. The van der Waals surface area contributed by atoms with Crippen molar-refractivity contribution < 1.29 is 31.5 Å². The van der Waals surface area contributed by atoms with E-state index in [9.17, 15) is 18.0 Å². The van der Waals surface area contributed by atoms with Gasteiger partial charge in [-0.15, -0.1) is 0 Å². The Balaban J connectivity index is 2.66. The van der Waals surface area contributed by atoms with Crippen LogP contribution in [0.5, 0.6) is 11.5 Å².